The van der Waals surface area contributed by atoms with E-state index in [0.29, 0.717) is 0 Å². The number of hydrogen-bond acceptors (Lipinski definition) is 8. The fourth-order valence-electron chi connectivity index (χ4n) is 1.55. The average molecular weight is 306 g/mol. The number of phenolic OH excluding ortho intramolecular Hbond substituents is 4. The minimum atomic E-state index is -1.42. The molecule has 0 atom stereocenters. The van der Waals surface area contributed by atoms with Gasteiger partial charge in [0.25, 0.3) is 0 Å². The fourth-order valence-corrected chi connectivity index (χ4v) is 1.55. The van der Waals surface area contributed by atoms with Crippen LogP contribution in [0.4, 0.5) is 0 Å². The number of rotatable bonds is 2. The summed E-state index contributed by atoms with van der Waals surface area (Å²) in [6, 6.07) is 6.03. The quantitative estimate of drug-likeness (QED) is 0.367. The lowest BCUT2D eigenvalue weighted by molar-refractivity contribution is -0.156. The molecule has 0 fully saturated rings. The summed E-state index contributed by atoms with van der Waals surface area (Å²) in [5.41, 5.74) is 0. The van der Waals surface area contributed by atoms with Gasteiger partial charge in [0.05, 0.1) is 0 Å². The first kappa shape index (κ1) is 15.0. The predicted molar refractivity (Wildman–Crippen MR) is 70.8 cm³/mol. The largest absolute Gasteiger partial charge is 0.508 e. The highest BCUT2D eigenvalue weighted by atomic mass is 16.6. The van der Waals surface area contributed by atoms with Gasteiger partial charge in [0, 0.05) is 36.4 Å². The summed E-state index contributed by atoms with van der Waals surface area (Å²) in [6.45, 7) is 0. The lowest BCUT2D eigenvalue weighted by Gasteiger charge is -2.06. The van der Waals surface area contributed by atoms with Crippen LogP contribution in [0.25, 0.3) is 0 Å². The molecule has 0 amide bonds. The molecule has 0 aliphatic heterocycles. The van der Waals surface area contributed by atoms with Crippen molar-refractivity contribution in [3.63, 3.8) is 0 Å². The van der Waals surface area contributed by atoms with E-state index in [4.69, 9.17) is 0 Å². The molecule has 114 valence electrons. The van der Waals surface area contributed by atoms with Crippen molar-refractivity contribution in [1.29, 1.82) is 0 Å². The van der Waals surface area contributed by atoms with E-state index in [1.807, 2.05) is 0 Å². The maximum atomic E-state index is 11.5. The van der Waals surface area contributed by atoms with Crippen molar-refractivity contribution in [2.45, 2.75) is 0 Å². The zero-order valence-electron chi connectivity index (χ0n) is 10.9. The molecule has 0 unspecified atom stereocenters. The van der Waals surface area contributed by atoms with Gasteiger partial charge in [-0.1, -0.05) is 0 Å². The Bertz CT molecular complexity index is 634. The molecular weight excluding hydrogens is 296 g/mol. The van der Waals surface area contributed by atoms with Crippen LogP contribution < -0.4 is 9.47 Å². The Morgan fingerprint density at radius 2 is 0.864 bits per heavy atom. The Labute approximate surface area is 123 Å². The lowest BCUT2D eigenvalue weighted by Crippen LogP contribution is -2.25. The fraction of sp³-hybridized carbons (Fsp3) is 0. The van der Waals surface area contributed by atoms with Crippen molar-refractivity contribution in [2.75, 3.05) is 0 Å². The molecule has 8 heteroatoms. The van der Waals surface area contributed by atoms with E-state index in [2.05, 4.69) is 9.47 Å². The molecular formula is C14H10O8. The molecule has 4 N–H and O–H groups in total. The molecule has 0 aliphatic carbocycles. The van der Waals surface area contributed by atoms with Crippen molar-refractivity contribution >= 4 is 11.9 Å². The van der Waals surface area contributed by atoms with E-state index in [0.717, 1.165) is 36.4 Å². The van der Waals surface area contributed by atoms with E-state index in [9.17, 15) is 30.0 Å². The van der Waals surface area contributed by atoms with E-state index in [1.165, 1.54) is 0 Å². The summed E-state index contributed by atoms with van der Waals surface area (Å²) in [7, 11) is 0. The summed E-state index contributed by atoms with van der Waals surface area (Å²) >= 11 is 0. The van der Waals surface area contributed by atoms with Crippen LogP contribution >= 0.6 is 0 Å². The number of carbonyl (C=O) groups excluding carboxylic acids is 2. The number of ether oxygens (including phenoxy) is 2. The zero-order valence-corrected chi connectivity index (χ0v) is 10.9. The monoisotopic (exact) mass is 306 g/mol. The maximum Gasteiger partial charge on any atom is 0.423 e. The average Bonchev–Trinajstić information content (AvgIpc) is 2.35. The summed E-state index contributed by atoms with van der Waals surface area (Å²) in [6.07, 6.45) is 0. The van der Waals surface area contributed by atoms with Gasteiger partial charge in [0.15, 0.2) is 0 Å². The molecule has 0 aliphatic rings. The number of aromatic hydroxyl groups is 4. The topological polar surface area (TPSA) is 134 Å². The smallest absolute Gasteiger partial charge is 0.423 e. The van der Waals surface area contributed by atoms with Gasteiger partial charge in [-0.2, -0.15) is 0 Å². The van der Waals surface area contributed by atoms with Crippen molar-refractivity contribution < 1.29 is 39.5 Å². The zero-order chi connectivity index (χ0) is 16.3. The number of hydrogen-bond donors (Lipinski definition) is 4. The van der Waals surface area contributed by atoms with Crippen LogP contribution in [-0.4, -0.2) is 32.4 Å². The third kappa shape index (κ3) is 3.79. The van der Waals surface area contributed by atoms with Gasteiger partial charge in [0.2, 0.25) is 0 Å². The van der Waals surface area contributed by atoms with Crippen LogP contribution in [0.3, 0.4) is 0 Å². The lowest BCUT2D eigenvalue weighted by atomic mass is 10.3. The molecule has 0 bridgehead atoms. The van der Waals surface area contributed by atoms with Crippen molar-refractivity contribution in [2.24, 2.45) is 0 Å². The van der Waals surface area contributed by atoms with Gasteiger partial charge in [-0.25, -0.2) is 9.59 Å². The van der Waals surface area contributed by atoms with Crippen LogP contribution in [0, 0.1) is 0 Å². The minimum absolute atomic E-state index is 0.266. The van der Waals surface area contributed by atoms with Crippen molar-refractivity contribution in [1.82, 2.24) is 0 Å². The van der Waals surface area contributed by atoms with E-state index < -0.39 is 11.9 Å². The van der Waals surface area contributed by atoms with Gasteiger partial charge in [0.1, 0.15) is 34.5 Å². The molecule has 0 aromatic heterocycles. The van der Waals surface area contributed by atoms with Crippen molar-refractivity contribution in [3.05, 3.63) is 36.4 Å². The first-order chi connectivity index (χ1) is 10.3. The second kappa shape index (κ2) is 5.92. The van der Waals surface area contributed by atoms with Crippen LogP contribution in [-0.2, 0) is 9.59 Å². The Hall–Kier alpha value is -3.42. The Kier molecular flexibility index (Phi) is 4.03. The van der Waals surface area contributed by atoms with Crippen LogP contribution in [0.15, 0.2) is 36.4 Å². The van der Waals surface area contributed by atoms with E-state index >= 15 is 0 Å². The van der Waals surface area contributed by atoms with Crippen molar-refractivity contribution in [3.8, 4) is 34.5 Å². The summed E-state index contributed by atoms with van der Waals surface area (Å²) < 4.78 is 9.22. The van der Waals surface area contributed by atoms with Gasteiger partial charge in [-0.3, -0.25) is 0 Å². The normalized spacial score (nSPS) is 10.0. The Balaban J connectivity index is 2.07. The molecule has 0 spiro atoms. The maximum absolute atomic E-state index is 11.5. The summed E-state index contributed by atoms with van der Waals surface area (Å²) in [4.78, 5) is 23.0. The standard InChI is InChI=1S/C14H10O8/c15-7-1-8(16)4-11(3-7)21-13(19)14(20)22-12-5-9(17)2-10(18)6-12/h1-6,15-18H. The molecule has 0 radical (unpaired) electrons. The molecule has 8 nitrogen and oxygen atoms in total. The third-order valence-corrected chi connectivity index (χ3v) is 2.34. The molecule has 2 aromatic carbocycles. The van der Waals surface area contributed by atoms with E-state index in [1.54, 1.807) is 0 Å². The molecule has 2 aromatic rings. The van der Waals surface area contributed by atoms with Gasteiger partial charge in [-0.05, 0) is 0 Å². The highest BCUT2D eigenvalue weighted by molar-refractivity contribution is 6.31. The molecule has 0 saturated carbocycles. The third-order valence-electron chi connectivity index (χ3n) is 2.34. The van der Waals surface area contributed by atoms with Gasteiger partial charge < -0.3 is 29.9 Å². The second-order valence-corrected chi connectivity index (χ2v) is 4.15. The molecule has 0 heterocycles. The number of carbonyl (C=O) groups is 2. The number of benzene rings is 2. The van der Waals surface area contributed by atoms with Crippen LogP contribution in [0.5, 0.6) is 34.5 Å². The molecule has 2 rings (SSSR count). The second-order valence-electron chi connectivity index (χ2n) is 4.15. The van der Waals surface area contributed by atoms with Gasteiger partial charge >= 0.3 is 11.9 Å². The van der Waals surface area contributed by atoms with Gasteiger partial charge in [-0.15, -0.1) is 0 Å². The van der Waals surface area contributed by atoms with Crippen LogP contribution in [0.2, 0.25) is 0 Å². The first-order valence-electron chi connectivity index (χ1n) is 5.83. The minimum Gasteiger partial charge on any atom is -0.508 e. The molecule has 0 saturated heterocycles. The highest BCUT2D eigenvalue weighted by Crippen LogP contribution is 2.27. The van der Waals surface area contributed by atoms with Crippen LogP contribution in [0.1, 0.15) is 0 Å². The number of esters is 2. The predicted octanol–water partition coefficient (Wildman–Crippen LogP) is 1.02. The first-order valence-corrected chi connectivity index (χ1v) is 5.83. The highest BCUT2D eigenvalue weighted by Gasteiger charge is 2.20. The van der Waals surface area contributed by atoms with E-state index in [-0.39, 0.29) is 34.5 Å². The summed E-state index contributed by atoms with van der Waals surface area (Å²) in [5.74, 6) is -4.84. The Morgan fingerprint density at radius 1 is 0.591 bits per heavy atom. The number of phenols is 4. The molecule has 22 heavy (non-hydrogen) atoms. The SMILES string of the molecule is O=C(Oc1cc(O)cc(O)c1)C(=O)Oc1cc(O)cc(O)c1. The Morgan fingerprint density at radius 3 is 1.14 bits per heavy atom. The summed E-state index contributed by atoms with van der Waals surface area (Å²) in [5, 5.41) is 36.9.